The topological polar surface area (TPSA) is 54.4 Å². The second kappa shape index (κ2) is 6.31. The third kappa shape index (κ3) is 4.24. The van der Waals surface area contributed by atoms with Crippen molar-refractivity contribution in [2.75, 3.05) is 0 Å². The quantitative estimate of drug-likeness (QED) is 0.694. The number of rotatable bonds is 3. The Hall–Kier alpha value is -2.49. The van der Waals surface area contributed by atoms with E-state index in [0.29, 0.717) is 5.56 Å². The van der Waals surface area contributed by atoms with Crippen LogP contribution < -0.4 is 5.43 Å². The molecule has 108 valence electrons. The number of amides is 1. The molecule has 0 unspecified atom stereocenters. The Bertz CT molecular complexity index is 625. The van der Waals surface area contributed by atoms with Crippen LogP contribution in [0.2, 0.25) is 0 Å². The van der Waals surface area contributed by atoms with Crippen molar-refractivity contribution >= 4 is 12.1 Å². The van der Waals surface area contributed by atoms with Crippen LogP contribution in [0.25, 0.3) is 0 Å². The zero-order chi connectivity index (χ0) is 15.3. The maximum Gasteiger partial charge on any atom is 0.271 e. The fourth-order valence-electron chi connectivity index (χ4n) is 1.80. The van der Waals surface area contributed by atoms with Gasteiger partial charge in [0.25, 0.3) is 5.91 Å². The predicted octanol–water partition coefficient (Wildman–Crippen LogP) is 3.14. The van der Waals surface area contributed by atoms with Gasteiger partial charge in [-0.1, -0.05) is 45.0 Å². The highest BCUT2D eigenvalue weighted by atomic mass is 16.2. The molecule has 0 bridgehead atoms. The first-order chi connectivity index (χ1) is 9.97. The van der Waals surface area contributed by atoms with Crippen molar-refractivity contribution in [2.45, 2.75) is 26.2 Å². The summed E-state index contributed by atoms with van der Waals surface area (Å²) in [5.41, 5.74) is 5.36. The van der Waals surface area contributed by atoms with E-state index in [0.717, 1.165) is 5.56 Å². The lowest BCUT2D eigenvalue weighted by Gasteiger charge is -2.18. The largest absolute Gasteiger partial charge is 0.271 e. The molecule has 1 N–H and O–H groups in total. The van der Waals surface area contributed by atoms with Crippen molar-refractivity contribution in [1.82, 2.24) is 10.4 Å². The summed E-state index contributed by atoms with van der Waals surface area (Å²) in [7, 11) is 0. The van der Waals surface area contributed by atoms with Crippen LogP contribution in [0.15, 0.2) is 53.9 Å². The minimum Gasteiger partial charge on any atom is -0.267 e. The first kappa shape index (κ1) is 14.9. The Morgan fingerprint density at radius 2 is 1.71 bits per heavy atom. The molecule has 0 saturated carbocycles. The molecule has 21 heavy (non-hydrogen) atoms. The zero-order valence-corrected chi connectivity index (χ0v) is 12.5. The summed E-state index contributed by atoms with van der Waals surface area (Å²) in [5.74, 6) is -0.250. The highest BCUT2D eigenvalue weighted by Crippen LogP contribution is 2.21. The van der Waals surface area contributed by atoms with E-state index in [1.54, 1.807) is 30.7 Å². The summed E-state index contributed by atoms with van der Waals surface area (Å²) in [4.78, 5) is 15.6. The average Bonchev–Trinajstić information content (AvgIpc) is 2.47. The van der Waals surface area contributed by atoms with Crippen LogP contribution in [0, 0.1) is 0 Å². The zero-order valence-electron chi connectivity index (χ0n) is 12.5. The SMILES string of the molecule is CC(C)(C)c1ccc(/C=N\NC(=O)c2ccncc2)cc1. The lowest BCUT2D eigenvalue weighted by Crippen LogP contribution is -2.17. The Kier molecular flexibility index (Phi) is 4.48. The summed E-state index contributed by atoms with van der Waals surface area (Å²) in [6.07, 6.45) is 4.78. The fraction of sp³-hybridized carbons (Fsp3) is 0.235. The fourth-order valence-corrected chi connectivity index (χ4v) is 1.80. The normalized spacial score (nSPS) is 11.6. The number of carbonyl (C=O) groups is 1. The van der Waals surface area contributed by atoms with Crippen LogP contribution in [0.4, 0.5) is 0 Å². The summed E-state index contributed by atoms with van der Waals surface area (Å²) in [6, 6.07) is 11.4. The Labute approximate surface area is 124 Å². The molecule has 0 aliphatic carbocycles. The monoisotopic (exact) mass is 281 g/mol. The van der Waals surface area contributed by atoms with Crippen LogP contribution in [0.3, 0.4) is 0 Å². The maximum absolute atomic E-state index is 11.8. The van der Waals surface area contributed by atoms with Crippen LogP contribution >= 0.6 is 0 Å². The third-order valence-electron chi connectivity index (χ3n) is 3.10. The lowest BCUT2D eigenvalue weighted by molar-refractivity contribution is 0.0955. The molecule has 0 spiro atoms. The minimum absolute atomic E-state index is 0.130. The van der Waals surface area contributed by atoms with E-state index in [1.807, 2.05) is 12.1 Å². The van der Waals surface area contributed by atoms with Gasteiger partial charge in [-0.15, -0.1) is 0 Å². The van der Waals surface area contributed by atoms with Crippen LogP contribution in [0.5, 0.6) is 0 Å². The standard InChI is InChI=1S/C17H19N3O/c1-17(2,3)15-6-4-13(5-7-15)12-19-20-16(21)14-8-10-18-11-9-14/h4-12H,1-3H3,(H,20,21)/b19-12-. The van der Waals surface area contributed by atoms with Crippen molar-refractivity contribution in [2.24, 2.45) is 5.10 Å². The lowest BCUT2D eigenvalue weighted by atomic mass is 9.87. The van der Waals surface area contributed by atoms with Gasteiger partial charge in [-0.3, -0.25) is 9.78 Å². The number of hydrogen-bond acceptors (Lipinski definition) is 3. The summed E-state index contributed by atoms with van der Waals surface area (Å²) < 4.78 is 0. The predicted molar refractivity (Wildman–Crippen MR) is 84.4 cm³/mol. The van der Waals surface area contributed by atoms with Gasteiger partial charge in [0, 0.05) is 18.0 Å². The number of pyridine rings is 1. The number of aromatic nitrogens is 1. The van der Waals surface area contributed by atoms with Crippen molar-refractivity contribution in [1.29, 1.82) is 0 Å². The van der Waals surface area contributed by atoms with Gasteiger partial charge in [0.2, 0.25) is 0 Å². The number of nitrogens with zero attached hydrogens (tertiary/aromatic N) is 2. The van der Waals surface area contributed by atoms with E-state index in [4.69, 9.17) is 0 Å². The van der Waals surface area contributed by atoms with Crippen molar-refractivity contribution in [3.05, 3.63) is 65.5 Å². The molecule has 0 radical (unpaired) electrons. The summed E-state index contributed by atoms with van der Waals surface area (Å²) in [5, 5.41) is 3.96. The molecule has 0 fully saturated rings. The molecule has 0 aliphatic heterocycles. The molecule has 0 atom stereocenters. The molecule has 2 rings (SSSR count). The van der Waals surface area contributed by atoms with Crippen LogP contribution in [0.1, 0.15) is 42.3 Å². The third-order valence-corrected chi connectivity index (χ3v) is 3.10. The molecule has 1 aromatic heterocycles. The number of nitrogens with one attached hydrogen (secondary N) is 1. The highest BCUT2D eigenvalue weighted by molar-refractivity contribution is 5.94. The van der Waals surface area contributed by atoms with Gasteiger partial charge >= 0.3 is 0 Å². The number of carbonyl (C=O) groups excluding carboxylic acids is 1. The highest BCUT2D eigenvalue weighted by Gasteiger charge is 2.12. The van der Waals surface area contributed by atoms with Crippen LogP contribution in [-0.4, -0.2) is 17.1 Å². The van der Waals surface area contributed by atoms with Gasteiger partial charge in [0.05, 0.1) is 6.21 Å². The molecule has 1 heterocycles. The molecule has 0 saturated heterocycles. The van der Waals surface area contributed by atoms with E-state index in [-0.39, 0.29) is 11.3 Å². The first-order valence-electron chi connectivity index (χ1n) is 6.81. The van der Waals surface area contributed by atoms with E-state index >= 15 is 0 Å². The molecular weight excluding hydrogens is 262 g/mol. The number of benzene rings is 1. The molecular formula is C17H19N3O. The molecule has 4 nitrogen and oxygen atoms in total. The molecule has 1 aromatic carbocycles. The molecule has 0 aliphatic rings. The Balaban J connectivity index is 1.97. The van der Waals surface area contributed by atoms with Crippen molar-refractivity contribution in [3.63, 3.8) is 0 Å². The minimum atomic E-state index is -0.250. The van der Waals surface area contributed by atoms with E-state index in [1.165, 1.54) is 5.56 Å². The Morgan fingerprint density at radius 1 is 1.10 bits per heavy atom. The van der Waals surface area contributed by atoms with Gasteiger partial charge in [0.1, 0.15) is 0 Å². The van der Waals surface area contributed by atoms with E-state index in [9.17, 15) is 4.79 Å². The maximum atomic E-state index is 11.8. The van der Waals surface area contributed by atoms with Gasteiger partial charge < -0.3 is 0 Å². The van der Waals surface area contributed by atoms with Gasteiger partial charge in [-0.25, -0.2) is 5.43 Å². The molecule has 2 aromatic rings. The average molecular weight is 281 g/mol. The number of hydrazone groups is 1. The second-order valence-corrected chi connectivity index (χ2v) is 5.81. The van der Waals surface area contributed by atoms with Crippen molar-refractivity contribution in [3.8, 4) is 0 Å². The second-order valence-electron chi connectivity index (χ2n) is 5.81. The first-order valence-corrected chi connectivity index (χ1v) is 6.81. The smallest absolute Gasteiger partial charge is 0.267 e. The van der Waals surface area contributed by atoms with Crippen molar-refractivity contribution < 1.29 is 4.79 Å². The van der Waals surface area contributed by atoms with E-state index in [2.05, 4.69) is 48.4 Å². The van der Waals surface area contributed by atoms with Gasteiger partial charge in [-0.05, 0) is 28.7 Å². The Morgan fingerprint density at radius 3 is 2.29 bits per heavy atom. The van der Waals surface area contributed by atoms with E-state index < -0.39 is 0 Å². The summed E-state index contributed by atoms with van der Waals surface area (Å²) >= 11 is 0. The van der Waals surface area contributed by atoms with Gasteiger partial charge in [-0.2, -0.15) is 5.10 Å². The van der Waals surface area contributed by atoms with Gasteiger partial charge in [0.15, 0.2) is 0 Å². The number of hydrogen-bond donors (Lipinski definition) is 1. The summed E-state index contributed by atoms with van der Waals surface area (Å²) in [6.45, 7) is 6.51. The molecule has 4 heteroatoms. The van der Waals surface area contributed by atoms with Crippen LogP contribution in [-0.2, 0) is 5.41 Å². The molecule has 1 amide bonds.